The number of hydrogen-bond acceptors (Lipinski definition) is 2. The molecule has 0 saturated carbocycles. The maximum atomic E-state index is 11.5. The number of benzene rings is 1. The highest BCUT2D eigenvalue weighted by Crippen LogP contribution is 2.24. The fraction of sp³-hybridized carbons (Fsp3) is 0.429. The molecule has 0 aliphatic heterocycles. The predicted octanol–water partition coefficient (Wildman–Crippen LogP) is 3.30. The quantitative estimate of drug-likeness (QED) is 0.723. The lowest BCUT2D eigenvalue weighted by atomic mass is 10.1. The molecule has 0 bridgehead atoms. The van der Waals surface area contributed by atoms with E-state index in [9.17, 15) is 9.59 Å². The van der Waals surface area contributed by atoms with E-state index >= 15 is 0 Å². The summed E-state index contributed by atoms with van der Waals surface area (Å²) >= 11 is 12.0. The first-order chi connectivity index (χ1) is 9.50. The molecule has 0 heterocycles. The topological polar surface area (TPSA) is 66.4 Å². The van der Waals surface area contributed by atoms with Crippen molar-refractivity contribution in [1.29, 1.82) is 0 Å². The van der Waals surface area contributed by atoms with Gasteiger partial charge in [0.05, 0.1) is 0 Å². The fourth-order valence-electron chi connectivity index (χ4n) is 1.75. The number of carbonyl (C=O) groups excluding carboxylic acids is 1. The Kier molecular flexibility index (Phi) is 7.41. The van der Waals surface area contributed by atoms with Crippen LogP contribution >= 0.6 is 23.2 Å². The van der Waals surface area contributed by atoms with Gasteiger partial charge in [0.2, 0.25) is 5.91 Å². The Morgan fingerprint density at radius 1 is 1.10 bits per heavy atom. The summed E-state index contributed by atoms with van der Waals surface area (Å²) in [5, 5.41) is 12.4. The Bertz CT molecular complexity index is 457. The lowest BCUT2D eigenvalue weighted by molar-refractivity contribution is -0.137. The molecule has 0 unspecified atom stereocenters. The van der Waals surface area contributed by atoms with Gasteiger partial charge in [-0.2, -0.15) is 0 Å². The van der Waals surface area contributed by atoms with Crippen LogP contribution in [-0.4, -0.2) is 23.5 Å². The number of carboxylic acids is 1. The molecule has 1 aromatic rings. The van der Waals surface area contributed by atoms with Crippen molar-refractivity contribution < 1.29 is 14.7 Å². The lowest BCUT2D eigenvalue weighted by Gasteiger charge is -2.08. The summed E-state index contributed by atoms with van der Waals surface area (Å²) < 4.78 is 0. The molecule has 0 aromatic heterocycles. The summed E-state index contributed by atoms with van der Waals surface area (Å²) in [4.78, 5) is 21.8. The van der Waals surface area contributed by atoms with Crippen molar-refractivity contribution in [2.75, 3.05) is 6.54 Å². The van der Waals surface area contributed by atoms with E-state index in [0.29, 0.717) is 42.3 Å². The fourth-order valence-corrected chi connectivity index (χ4v) is 2.33. The Morgan fingerprint density at radius 3 is 2.30 bits per heavy atom. The van der Waals surface area contributed by atoms with Crippen LogP contribution in [0, 0.1) is 0 Å². The minimum Gasteiger partial charge on any atom is -0.481 e. The van der Waals surface area contributed by atoms with Crippen LogP contribution in [0.25, 0.3) is 0 Å². The molecule has 1 amide bonds. The summed E-state index contributed by atoms with van der Waals surface area (Å²) in [5.41, 5.74) is 0.821. The van der Waals surface area contributed by atoms with Crippen molar-refractivity contribution in [3.05, 3.63) is 33.8 Å². The van der Waals surface area contributed by atoms with E-state index in [1.165, 1.54) is 0 Å². The summed E-state index contributed by atoms with van der Waals surface area (Å²) in [7, 11) is 0. The molecule has 4 nitrogen and oxygen atoms in total. The van der Waals surface area contributed by atoms with E-state index in [1.54, 1.807) is 18.2 Å². The molecule has 0 radical (unpaired) electrons. The van der Waals surface area contributed by atoms with Gasteiger partial charge >= 0.3 is 5.97 Å². The van der Waals surface area contributed by atoms with Crippen LogP contribution in [0.4, 0.5) is 0 Å². The Hall–Kier alpha value is -1.26. The zero-order chi connectivity index (χ0) is 15.0. The average molecular weight is 318 g/mol. The van der Waals surface area contributed by atoms with Crippen LogP contribution < -0.4 is 5.32 Å². The number of carbonyl (C=O) groups is 2. The number of halogens is 2. The minimum atomic E-state index is -0.834. The van der Waals surface area contributed by atoms with Gasteiger partial charge in [-0.05, 0) is 37.0 Å². The number of aliphatic carboxylic acids is 1. The van der Waals surface area contributed by atoms with Crippen molar-refractivity contribution in [2.45, 2.75) is 32.1 Å². The van der Waals surface area contributed by atoms with Crippen LogP contribution in [0.1, 0.15) is 31.2 Å². The van der Waals surface area contributed by atoms with Crippen LogP contribution in [-0.2, 0) is 16.0 Å². The second-order valence-corrected chi connectivity index (χ2v) is 5.22. The van der Waals surface area contributed by atoms with Gasteiger partial charge < -0.3 is 10.4 Å². The number of carboxylic acid groups (broad SMARTS) is 1. The minimum absolute atomic E-state index is 0.0847. The van der Waals surface area contributed by atoms with Gasteiger partial charge in [0.15, 0.2) is 0 Å². The molecule has 0 spiro atoms. The van der Waals surface area contributed by atoms with Gasteiger partial charge in [-0.25, -0.2) is 0 Å². The van der Waals surface area contributed by atoms with E-state index in [0.717, 1.165) is 5.56 Å². The third-order valence-corrected chi connectivity index (χ3v) is 3.51. The van der Waals surface area contributed by atoms with Crippen LogP contribution in [0.15, 0.2) is 18.2 Å². The number of hydrogen-bond donors (Lipinski definition) is 2. The van der Waals surface area contributed by atoms with Crippen molar-refractivity contribution in [3.63, 3.8) is 0 Å². The highest BCUT2D eigenvalue weighted by Gasteiger charge is 2.06. The number of unbranched alkanes of at least 4 members (excludes halogenated alkanes) is 1. The van der Waals surface area contributed by atoms with Crippen LogP contribution in [0.3, 0.4) is 0 Å². The maximum absolute atomic E-state index is 11.5. The van der Waals surface area contributed by atoms with Gasteiger partial charge in [-0.15, -0.1) is 0 Å². The van der Waals surface area contributed by atoms with Gasteiger partial charge in [0.25, 0.3) is 0 Å². The smallest absolute Gasteiger partial charge is 0.303 e. The third-order valence-electron chi connectivity index (χ3n) is 2.80. The molecular weight excluding hydrogens is 301 g/mol. The molecule has 1 rings (SSSR count). The SMILES string of the molecule is O=C(O)CCCCC(=O)NCCc1c(Cl)cccc1Cl. The van der Waals surface area contributed by atoms with Crippen LogP contribution in [0.2, 0.25) is 10.0 Å². The number of amides is 1. The van der Waals surface area contributed by atoms with Gasteiger partial charge in [-0.3, -0.25) is 9.59 Å². The maximum Gasteiger partial charge on any atom is 0.303 e. The molecule has 6 heteroatoms. The summed E-state index contributed by atoms with van der Waals surface area (Å²) in [6.07, 6.45) is 2.09. The van der Waals surface area contributed by atoms with Crippen molar-refractivity contribution >= 4 is 35.1 Å². The number of nitrogens with one attached hydrogen (secondary N) is 1. The molecule has 0 atom stereocenters. The molecule has 0 fully saturated rings. The van der Waals surface area contributed by atoms with Crippen molar-refractivity contribution in [3.8, 4) is 0 Å². The molecular formula is C14H17Cl2NO3. The molecule has 0 aliphatic carbocycles. The third kappa shape index (κ3) is 6.26. The second-order valence-electron chi connectivity index (χ2n) is 4.40. The van der Waals surface area contributed by atoms with Crippen molar-refractivity contribution in [2.24, 2.45) is 0 Å². The largest absolute Gasteiger partial charge is 0.481 e. The van der Waals surface area contributed by atoms with E-state index in [4.69, 9.17) is 28.3 Å². The predicted molar refractivity (Wildman–Crippen MR) is 79.3 cm³/mol. The molecule has 2 N–H and O–H groups in total. The summed E-state index contributed by atoms with van der Waals surface area (Å²) in [5.74, 6) is -0.919. The second kappa shape index (κ2) is 8.82. The average Bonchev–Trinajstić information content (AvgIpc) is 2.38. The van der Waals surface area contributed by atoms with E-state index < -0.39 is 5.97 Å². The van der Waals surface area contributed by atoms with E-state index in [-0.39, 0.29) is 12.3 Å². The standard InChI is InChI=1S/C14H17Cl2NO3/c15-11-4-3-5-12(16)10(11)8-9-17-13(18)6-1-2-7-14(19)20/h3-5H,1-2,6-9H2,(H,17,18)(H,19,20). The monoisotopic (exact) mass is 317 g/mol. The molecule has 20 heavy (non-hydrogen) atoms. The van der Waals surface area contributed by atoms with E-state index in [2.05, 4.69) is 5.32 Å². The normalized spacial score (nSPS) is 10.3. The first-order valence-corrected chi connectivity index (χ1v) is 7.17. The van der Waals surface area contributed by atoms with Crippen molar-refractivity contribution in [1.82, 2.24) is 5.32 Å². The molecule has 110 valence electrons. The molecule has 0 aliphatic rings. The van der Waals surface area contributed by atoms with Gasteiger partial charge in [0.1, 0.15) is 0 Å². The number of rotatable bonds is 8. The highest BCUT2D eigenvalue weighted by atomic mass is 35.5. The summed E-state index contributed by atoms with van der Waals surface area (Å²) in [6, 6.07) is 5.29. The molecule has 1 aromatic carbocycles. The van der Waals surface area contributed by atoms with E-state index in [1.807, 2.05) is 0 Å². The van der Waals surface area contributed by atoms with Crippen LogP contribution in [0.5, 0.6) is 0 Å². The van der Waals surface area contributed by atoms with Gasteiger partial charge in [0, 0.05) is 29.4 Å². The molecule has 0 saturated heterocycles. The first kappa shape index (κ1) is 16.8. The first-order valence-electron chi connectivity index (χ1n) is 6.42. The Labute approximate surface area is 128 Å². The van der Waals surface area contributed by atoms with Gasteiger partial charge in [-0.1, -0.05) is 29.3 Å². The highest BCUT2D eigenvalue weighted by molar-refractivity contribution is 6.35. The Morgan fingerprint density at radius 2 is 1.70 bits per heavy atom. The zero-order valence-electron chi connectivity index (χ0n) is 11.0. The summed E-state index contributed by atoms with van der Waals surface area (Å²) in [6.45, 7) is 0.460. The lowest BCUT2D eigenvalue weighted by Crippen LogP contribution is -2.25. The zero-order valence-corrected chi connectivity index (χ0v) is 12.5. The Balaban J connectivity index is 2.23.